The molecule has 0 aliphatic rings. The Bertz CT molecular complexity index is 1180. The Kier molecular flexibility index (Phi) is 6.74. The minimum atomic E-state index is -0.552. The van der Waals surface area contributed by atoms with Crippen molar-refractivity contribution < 1.29 is 19.1 Å². The molecule has 0 unspecified atom stereocenters. The molecule has 9 heteroatoms. The summed E-state index contributed by atoms with van der Waals surface area (Å²) in [7, 11) is 1.33. The number of amides is 1. The lowest BCUT2D eigenvalue weighted by molar-refractivity contribution is 0.0600. The van der Waals surface area contributed by atoms with Crippen molar-refractivity contribution in [3.63, 3.8) is 0 Å². The zero-order valence-electron chi connectivity index (χ0n) is 17.9. The highest BCUT2D eigenvalue weighted by Crippen LogP contribution is 2.28. The molecule has 31 heavy (non-hydrogen) atoms. The number of primary amides is 1. The summed E-state index contributed by atoms with van der Waals surface area (Å²) in [6.45, 7) is 6.48. The molecular formula is C22H25N3O5S. The van der Waals surface area contributed by atoms with Crippen molar-refractivity contribution >= 4 is 33.4 Å². The Labute approximate surface area is 183 Å². The van der Waals surface area contributed by atoms with Crippen molar-refractivity contribution in [1.29, 1.82) is 0 Å². The number of methoxy groups -OCH3 is 1. The second-order valence-electron chi connectivity index (χ2n) is 7.40. The predicted octanol–water partition coefficient (Wildman–Crippen LogP) is 3.24. The molecule has 0 fully saturated rings. The molecule has 1 amide bonds. The number of esters is 1. The molecular weight excluding hydrogens is 418 g/mol. The second-order valence-corrected chi connectivity index (χ2v) is 8.40. The highest BCUT2D eigenvalue weighted by Gasteiger charge is 2.21. The molecule has 2 heterocycles. The molecule has 1 aromatic carbocycles. The number of fused-ring (bicyclic) bond motifs is 1. The summed E-state index contributed by atoms with van der Waals surface area (Å²) >= 11 is 1.16. The van der Waals surface area contributed by atoms with Gasteiger partial charge in [0.2, 0.25) is 0 Å². The number of nitrogens with zero attached hydrogens (tertiary/aromatic N) is 2. The van der Waals surface area contributed by atoms with E-state index >= 15 is 0 Å². The van der Waals surface area contributed by atoms with E-state index in [1.54, 1.807) is 35.8 Å². The first kappa shape index (κ1) is 22.5. The van der Waals surface area contributed by atoms with Gasteiger partial charge < -0.3 is 15.2 Å². The van der Waals surface area contributed by atoms with Crippen LogP contribution in [0.4, 0.5) is 0 Å². The molecule has 0 atom stereocenters. The minimum absolute atomic E-state index is 0.0309. The summed E-state index contributed by atoms with van der Waals surface area (Å²) in [4.78, 5) is 41.9. The number of thiophene rings is 1. The van der Waals surface area contributed by atoms with Crippen LogP contribution in [0.15, 0.2) is 29.1 Å². The summed E-state index contributed by atoms with van der Waals surface area (Å²) in [6.07, 6.45) is 0.581. The Morgan fingerprint density at radius 2 is 1.90 bits per heavy atom. The van der Waals surface area contributed by atoms with Crippen molar-refractivity contribution in [3.05, 3.63) is 56.4 Å². The third-order valence-electron chi connectivity index (χ3n) is 4.89. The van der Waals surface area contributed by atoms with Gasteiger partial charge >= 0.3 is 5.97 Å². The van der Waals surface area contributed by atoms with Crippen molar-refractivity contribution in [3.8, 4) is 5.75 Å². The van der Waals surface area contributed by atoms with Crippen LogP contribution in [0, 0.1) is 6.92 Å². The maximum atomic E-state index is 13.2. The summed E-state index contributed by atoms with van der Waals surface area (Å²) < 4.78 is 12.1. The van der Waals surface area contributed by atoms with Crippen LogP contribution in [-0.4, -0.2) is 35.1 Å². The molecule has 3 rings (SSSR count). The monoisotopic (exact) mass is 443 g/mol. The van der Waals surface area contributed by atoms with Gasteiger partial charge in [-0.2, -0.15) is 0 Å². The highest BCUT2D eigenvalue weighted by atomic mass is 32.1. The minimum Gasteiger partial charge on any atom is -0.494 e. The van der Waals surface area contributed by atoms with Crippen LogP contribution in [0.5, 0.6) is 5.75 Å². The third-order valence-corrected chi connectivity index (χ3v) is 6.09. The van der Waals surface area contributed by atoms with E-state index in [1.165, 1.54) is 7.11 Å². The fourth-order valence-electron chi connectivity index (χ4n) is 3.34. The van der Waals surface area contributed by atoms with E-state index in [0.717, 1.165) is 11.3 Å². The van der Waals surface area contributed by atoms with Gasteiger partial charge in [-0.15, -0.1) is 11.3 Å². The lowest BCUT2D eigenvalue weighted by Crippen LogP contribution is -2.27. The second kappa shape index (κ2) is 9.30. The zero-order valence-corrected chi connectivity index (χ0v) is 18.7. The van der Waals surface area contributed by atoms with Crippen LogP contribution in [0.1, 0.15) is 57.6 Å². The quantitative estimate of drug-likeness (QED) is 0.422. The number of nitrogens with two attached hydrogens (primary N) is 1. The SMILES string of the molecule is COC(=O)c1ccc(OCCCn2c(C(C)C)nc3sc(C(N)=O)c(C)c3c2=O)cc1. The number of hydrogen-bond acceptors (Lipinski definition) is 7. The first-order chi connectivity index (χ1) is 14.7. The van der Waals surface area contributed by atoms with Gasteiger partial charge in [-0.3, -0.25) is 14.2 Å². The molecule has 0 aliphatic carbocycles. The number of aryl methyl sites for hydroxylation is 1. The summed E-state index contributed by atoms with van der Waals surface area (Å²) in [6, 6.07) is 6.67. The molecule has 2 N–H and O–H groups in total. The number of carbonyl (C=O) groups excluding carboxylic acids is 2. The van der Waals surface area contributed by atoms with Crippen LogP contribution in [0.25, 0.3) is 10.2 Å². The zero-order chi connectivity index (χ0) is 22.7. The van der Waals surface area contributed by atoms with Crippen LogP contribution in [0.3, 0.4) is 0 Å². The topological polar surface area (TPSA) is 114 Å². The standard InChI is InChI=1S/C22H25N3O5S/c1-12(2)19-24-20-16(13(3)17(31-20)18(23)26)21(27)25(19)10-5-11-30-15-8-6-14(7-9-15)22(28)29-4/h6-9,12H,5,10-11H2,1-4H3,(H2,23,26). The lowest BCUT2D eigenvalue weighted by Gasteiger charge is -2.15. The molecule has 0 spiro atoms. The van der Waals surface area contributed by atoms with Gasteiger partial charge in [0.25, 0.3) is 11.5 Å². The van der Waals surface area contributed by atoms with Crippen LogP contribution in [-0.2, 0) is 11.3 Å². The van der Waals surface area contributed by atoms with E-state index in [9.17, 15) is 14.4 Å². The Morgan fingerprint density at radius 1 is 1.23 bits per heavy atom. The highest BCUT2D eigenvalue weighted by molar-refractivity contribution is 7.20. The lowest BCUT2D eigenvalue weighted by atomic mass is 10.1. The van der Waals surface area contributed by atoms with Crippen LogP contribution < -0.4 is 16.0 Å². The number of benzene rings is 1. The molecule has 2 aromatic heterocycles. The Hall–Kier alpha value is -3.20. The van der Waals surface area contributed by atoms with Crippen molar-refractivity contribution in [2.45, 2.75) is 39.7 Å². The first-order valence-corrected chi connectivity index (χ1v) is 10.7. The van der Waals surface area contributed by atoms with E-state index in [4.69, 9.17) is 10.5 Å². The number of aromatic nitrogens is 2. The Balaban J connectivity index is 1.77. The predicted molar refractivity (Wildman–Crippen MR) is 119 cm³/mol. The van der Waals surface area contributed by atoms with E-state index < -0.39 is 11.9 Å². The molecule has 0 radical (unpaired) electrons. The Morgan fingerprint density at radius 3 is 2.48 bits per heavy atom. The molecule has 8 nitrogen and oxygen atoms in total. The fourth-order valence-corrected chi connectivity index (χ4v) is 4.37. The van der Waals surface area contributed by atoms with Gasteiger partial charge in [0.1, 0.15) is 16.4 Å². The summed E-state index contributed by atoms with van der Waals surface area (Å²) in [5, 5.41) is 0.447. The summed E-state index contributed by atoms with van der Waals surface area (Å²) in [5.41, 5.74) is 6.30. The number of hydrogen-bond donors (Lipinski definition) is 1. The average molecular weight is 444 g/mol. The largest absolute Gasteiger partial charge is 0.494 e. The smallest absolute Gasteiger partial charge is 0.337 e. The van der Waals surface area contributed by atoms with Crippen molar-refractivity contribution in [1.82, 2.24) is 9.55 Å². The van der Waals surface area contributed by atoms with Gasteiger partial charge in [-0.1, -0.05) is 13.8 Å². The first-order valence-electron chi connectivity index (χ1n) is 9.89. The number of ether oxygens (including phenoxy) is 2. The maximum absolute atomic E-state index is 13.2. The molecule has 3 aromatic rings. The number of carbonyl (C=O) groups is 2. The molecule has 0 saturated heterocycles. The third kappa shape index (κ3) is 4.61. The molecule has 0 aliphatic heterocycles. The van der Waals surface area contributed by atoms with Gasteiger partial charge in [-0.25, -0.2) is 9.78 Å². The van der Waals surface area contributed by atoms with E-state index in [2.05, 4.69) is 9.72 Å². The van der Waals surface area contributed by atoms with E-state index in [-0.39, 0.29) is 11.5 Å². The fraction of sp³-hybridized carbons (Fsp3) is 0.364. The van der Waals surface area contributed by atoms with Gasteiger partial charge in [0, 0.05) is 12.5 Å². The van der Waals surface area contributed by atoms with Crippen molar-refractivity contribution in [2.24, 2.45) is 5.73 Å². The maximum Gasteiger partial charge on any atom is 0.337 e. The van der Waals surface area contributed by atoms with Crippen LogP contribution >= 0.6 is 11.3 Å². The van der Waals surface area contributed by atoms with E-state index in [0.29, 0.717) is 57.4 Å². The van der Waals surface area contributed by atoms with Crippen molar-refractivity contribution in [2.75, 3.05) is 13.7 Å². The van der Waals surface area contributed by atoms with Crippen LogP contribution in [0.2, 0.25) is 0 Å². The van der Waals surface area contributed by atoms with Gasteiger partial charge in [-0.05, 0) is 43.2 Å². The molecule has 0 saturated carbocycles. The normalized spacial score (nSPS) is 11.1. The van der Waals surface area contributed by atoms with Gasteiger partial charge in [0.05, 0.1) is 29.5 Å². The summed E-state index contributed by atoms with van der Waals surface area (Å²) in [5.74, 6) is 0.361. The number of rotatable bonds is 8. The van der Waals surface area contributed by atoms with Gasteiger partial charge in [0.15, 0.2) is 0 Å². The van der Waals surface area contributed by atoms with E-state index in [1.807, 2.05) is 13.8 Å². The molecule has 0 bridgehead atoms. The molecule has 164 valence electrons. The average Bonchev–Trinajstić information content (AvgIpc) is 3.09.